The molecule has 182 valence electrons. The van der Waals surface area contributed by atoms with E-state index in [4.69, 9.17) is 14.2 Å². The second-order valence-electron chi connectivity index (χ2n) is 8.85. The van der Waals surface area contributed by atoms with Crippen molar-refractivity contribution in [2.75, 3.05) is 27.4 Å². The number of aliphatic hydroxyl groups is 1. The van der Waals surface area contributed by atoms with Crippen LogP contribution in [0.25, 0.3) is 0 Å². The van der Waals surface area contributed by atoms with E-state index >= 15 is 0 Å². The van der Waals surface area contributed by atoms with Crippen molar-refractivity contribution < 1.29 is 28.9 Å². The Hall–Kier alpha value is -2.38. The number of carbonyl (C=O) groups excluding carboxylic acids is 2. The molecule has 2 aliphatic rings. The molecular weight excluding hydrogens is 422 g/mol. The number of esters is 1. The van der Waals surface area contributed by atoms with Crippen LogP contribution in [0.15, 0.2) is 36.1 Å². The van der Waals surface area contributed by atoms with Gasteiger partial charge in [-0.3, -0.25) is 4.79 Å². The number of allylic oxidation sites excluding steroid dienone is 1. The minimum absolute atomic E-state index is 0.0717. The molecule has 7 nitrogen and oxygen atoms in total. The van der Waals surface area contributed by atoms with Crippen LogP contribution in [0, 0.1) is 5.92 Å². The molecule has 0 unspecified atom stereocenters. The molecule has 1 amide bonds. The van der Waals surface area contributed by atoms with Gasteiger partial charge >= 0.3 is 5.97 Å². The molecule has 0 bridgehead atoms. The van der Waals surface area contributed by atoms with Gasteiger partial charge in [-0.15, -0.1) is 0 Å². The van der Waals surface area contributed by atoms with E-state index in [-0.39, 0.29) is 30.4 Å². The minimum atomic E-state index is -0.587. The molecule has 0 aromatic heterocycles. The minimum Gasteiger partial charge on any atom is -0.465 e. The number of carbonyl (C=O) groups is 2. The number of hydrogen-bond donors (Lipinski definition) is 1. The highest BCUT2D eigenvalue weighted by molar-refractivity contribution is 5.92. The first-order valence-electron chi connectivity index (χ1n) is 12.1. The van der Waals surface area contributed by atoms with Gasteiger partial charge in [-0.05, 0) is 56.4 Å². The van der Waals surface area contributed by atoms with Crippen molar-refractivity contribution in [2.45, 2.75) is 70.1 Å². The second kappa shape index (κ2) is 12.2. The molecule has 1 N–H and O–H groups in total. The first-order chi connectivity index (χ1) is 16.0. The van der Waals surface area contributed by atoms with E-state index < -0.39 is 12.3 Å². The zero-order valence-electron chi connectivity index (χ0n) is 20.0. The lowest BCUT2D eigenvalue weighted by Crippen LogP contribution is -2.43. The van der Waals surface area contributed by atoms with E-state index in [1.54, 1.807) is 12.1 Å². The monoisotopic (exact) mass is 459 g/mol. The molecule has 0 radical (unpaired) electrons. The first kappa shape index (κ1) is 25.2. The Labute approximate surface area is 196 Å². The number of benzene rings is 1. The lowest BCUT2D eigenvalue weighted by Gasteiger charge is -2.39. The molecule has 1 aliphatic carbocycles. The van der Waals surface area contributed by atoms with Crippen molar-refractivity contribution in [1.82, 2.24) is 4.90 Å². The van der Waals surface area contributed by atoms with Crippen LogP contribution >= 0.6 is 0 Å². The van der Waals surface area contributed by atoms with E-state index in [1.807, 2.05) is 37.1 Å². The van der Waals surface area contributed by atoms with Crippen LogP contribution < -0.4 is 0 Å². The predicted octanol–water partition coefficient (Wildman–Crippen LogP) is 4.01. The summed E-state index contributed by atoms with van der Waals surface area (Å²) in [6, 6.07) is 7.48. The van der Waals surface area contributed by atoms with Crippen LogP contribution in [0.2, 0.25) is 0 Å². The smallest absolute Gasteiger partial charge is 0.337 e. The molecular formula is C26H37NO6. The van der Waals surface area contributed by atoms with Gasteiger partial charge in [0.05, 0.1) is 12.7 Å². The Morgan fingerprint density at radius 3 is 2.45 bits per heavy atom. The highest BCUT2D eigenvalue weighted by Crippen LogP contribution is 2.40. The first-order valence-corrected chi connectivity index (χ1v) is 12.1. The fourth-order valence-electron chi connectivity index (χ4n) is 4.90. The SMILES string of the molecule is CCO[C@@H]1OC(C(=O)N(C)C2CCCCC2)=C[C@H](c2ccc(C(=O)OC)cc2)[C@H]1CCCO. The van der Waals surface area contributed by atoms with Gasteiger partial charge in [0.1, 0.15) is 0 Å². The third-order valence-corrected chi connectivity index (χ3v) is 6.78. The van der Waals surface area contributed by atoms with Gasteiger partial charge in [0.15, 0.2) is 5.76 Å². The predicted molar refractivity (Wildman–Crippen MR) is 125 cm³/mol. The van der Waals surface area contributed by atoms with Crippen molar-refractivity contribution in [3.63, 3.8) is 0 Å². The molecule has 33 heavy (non-hydrogen) atoms. The zero-order valence-corrected chi connectivity index (χ0v) is 20.0. The maximum Gasteiger partial charge on any atom is 0.337 e. The van der Waals surface area contributed by atoms with Gasteiger partial charge < -0.3 is 24.2 Å². The number of nitrogens with zero attached hydrogens (tertiary/aromatic N) is 1. The second-order valence-corrected chi connectivity index (χ2v) is 8.85. The van der Waals surface area contributed by atoms with Crippen molar-refractivity contribution in [3.8, 4) is 0 Å². The third kappa shape index (κ3) is 6.15. The summed E-state index contributed by atoms with van der Waals surface area (Å²) in [6.07, 6.45) is 8.13. The highest BCUT2D eigenvalue weighted by Gasteiger charge is 2.39. The normalized spacial score (nSPS) is 23.4. The third-order valence-electron chi connectivity index (χ3n) is 6.78. The van der Waals surface area contributed by atoms with Gasteiger partial charge in [0.25, 0.3) is 5.91 Å². The molecule has 1 heterocycles. The number of methoxy groups -OCH3 is 1. The van der Waals surface area contributed by atoms with Gasteiger partial charge in [0, 0.05) is 38.1 Å². The Morgan fingerprint density at radius 1 is 1.15 bits per heavy atom. The number of hydrogen-bond acceptors (Lipinski definition) is 6. The number of aliphatic hydroxyl groups excluding tert-OH is 1. The molecule has 0 spiro atoms. The molecule has 1 aromatic rings. The molecule has 7 heteroatoms. The topological polar surface area (TPSA) is 85.3 Å². The lowest BCUT2D eigenvalue weighted by molar-refractivity contribution is -0.170. The Balaban J connectivity index is 1.93. The van der Waals surface area contributed by atoms with Crippen LogP contribution in [0.4, 0.5) is 0 Å². The van der Waals surface area contributed by atoms with E-state index in [1.165, 1.54) is 13.5 Å². The van der Waals surface area contributed by atoms with Crippen molar-refractivity contribution in [3.05, 3.63) is 47.2 Å². The number of likely N-dealkylation sites (N-methyl/N-ethyl adjacent to an activating group) is 1. The average molecular weight is 460 g/mol. The summed E-state index contributed by atoms with van der Waals surface area (Å²) in [7, 11) is 3.21. The summed E-state index contributed by atoms with van der Waals surface area (Å²) in [5, 5.41) is 9.44. The van der Waals surface area contributed by atoms with E-state index in [2.05, 4.69) is 0 Å². The molecule has 3 atom stereocenters. The van der Waals surface area contributed by atoms with E-state index in [9.17, 15) is 14.7 Å². The Morgan fingerprint density at radius 2 is 1.85 bits per heavy atom. The molecule has 3 rings (SSSR count). The summed E-state index contributed by atoms with van der Waals surface area (Å²) < 4.78 is 16.9. The zero-order chi connectivity index (χ0) is 23.8. The standard InChI is InChI=1S/C26H37NO6/c1-4-32-26-21(11-8-16-28)22(18-12-14-19(15-13-18)25(30)31-3)17-23(33-26)24(29)27(2)20-9-6-5-7-10-20/h12-15,17,20-22,26,28H,4-11,16H2,1-3H3/t21-,22-,26-/m1/s1. The van der Waals surface area contributed by atoms with E-state index in [0.717, 1.165) is 31.2 Å². The molecule has 1 aromatic carbocycles. The number of amides is 1. The quantitative estimate of drug-likeness (QED) is 0.562. The number of ether oxygens (including phenoxy) is 3. The van der Waals surface area contributed by atoms with Crippen LogP contribution in [-0.4, -0.2) is 61.6 Å². The maximum atomic E-state index is 13.4. The Kier molecular flexibility index (Phi) is 9.32. The summed E-state index contributed by atoms with van der Waals surface area (Å²) in [4.78, 5) is 27.1. The summed E-state index contributed by atoms with van der Waals surface area (Å²) in [5.74, 6) is -0.421. The van der Waals surface area contributed by atoms with Crippen LogP contribution in [-0.2, 0) is 19.0 Å². The largest absolute Gasteiger partial charge is 0.465 e. The van der Waals surface area contributed by atoms with Crippen molar-refractivity contribution >= 4 is 11.9 Å². The van der Waals surface area contributed by atoms with Crippen LogP contribution in [0.3, 0.4) is 0 Å². The lowest BCUT2D eigenvalue weighted by atomic mass is 9.80. The van der Waals surface area contributed by atoms with E-state index in [0.29, 0.717) is 30.8 Å². The highest BCUT2D eigenvalue weighted by atomic mass is 16.7. The molecule has 0 saturated heterocycles. The summed E-state index contributed by atoms with van der Waals surface area (Å²) in [6.45, 7) is 2.43. The summed E-state index contributed by atoms with van der Waals surface area (Å²) in [5.41, 5.74) is 1.43. The Bertz CT molecular complexity index is 815. The molecule has 1 saturated carbocycles. The van der Waals surface area contributed by atoms with Crippen LogP contribution in [0.1, 0.15) is 73.7 Å². The molecule has 1 aliphatic heterocycles. The van der Waals surface area contributed by atoms with Crippen molar-refractivity contribution in [2.24, 2.45) is 5.92 Å². The van der Waals surface area contributed by atoms with Gasteiger partial charge in [-0.1, -0.05) is 31.4 Å². The maximum absolute atomic E-state index is 13.4. The van der Waals surface area contributed by atoms with Gasteiger partial charge in [0.2, 0.25) is 6.29 Å². The van der Waals surface area contributed by atoms with Crippen molar-refractivity contribution in [1.29, 1.82) is 0 Å². The van der Waals surface area contributed by atoms with Gasteiger partial charge in [-0.25, -0.2) is 4.79 Å². The summed E-state index contributed by atoms with van der Waals surface area (Å²) >= 11 is 0. The average Bonchev–Trinajstić information content (AvgIpc) is 2.87. The fourth-order valence-corrected chi connectivity index (χ4v) is 4.90. The number of rotatable bonds is 9. The fraction of sp³-hybridized carbons (Fsp3) is 0.615. The van der Waals surface area contributed by atoms with Crippen LogP contribution in [0.5, 0.6) is 0 Å². The van der Waals surface area contributed by atoms with Gasteiger partial charge in [-0.2, -0.15) is 0 Å². The molecule has 1 fully saturated rings.